The van der Waals surface area contributed by atoms with Crippen LogP contribution < -0.4 is 0 Å². The minimum atomic E-state index is 0.268. The Morgan fingerprint density at radius 2 is 2.16 bits per heavy atom. The van der Waals surface area contributed by atoms with E-state index in [0.29, 0.717) is 11.9 Å². The summed E-state index contributed by atoms with van der Waals surface area (Å²) in [5, 5.41) is 12.4. The fourth-order valence-electron chi connectivity index (χ4n) is 2.83. The summed E-state index contributed by atoms with van der Waals surface area (Å²) in [6, 6.07) is 0.696. The van der Waals surface area contributed by atoms with Crippen LogP contribution in [0.4, 0.5) is 0 Å². The molecule has 0 atom stereocenters. The zero-order valence-corrected chi connectivity index (χ0v) is 12.9. The zero-order valence-electron chi connectivity index (χ0n) is 11.4. The van der Waals surface area contributed by atoms with Gasteiger partial charge in [0, 0.05) is 24.4 Å². The summed E-state index contributed by atoms with van der Waals surface area (Å²) < 4.78 is 0. The zero-order chi connectivity index (χ0) is 13.5. The van der Waals surface area contributed by atoms with Crippen molar-refractivity contribution in [2.24, 2.45) is 0 Å². The second kappa shape index (κ2) is 8.20. The Hall–Kier alpha value is -0.160. The lowest BCUT2D eigenvalue weighted by Crippen LogP contribution is -2.36. The highest BCUT2D eigenvalue weighted by Crippen LogP contribution is 2.23. The highest BCUT2D eigenvalue weighted by Gasteiger charge is 2.21. The molecule has 0 bridgehead atoms. The predicted molar refractivity (Wildman–Crippen MR) is 80.9 cm³/mol. The van der Waals surface area contributed by atoms with Gasteiger partial charge >= 0.3 is 0 Å². The highest BCUT2D eigenvalue weighted by atomic mass is 35.5. The Morgan fingerprint density at radius 3 is 2.79 bits per heavy atom. The molecule has 0 amide bonds. The summed E-state index contributed by atoms with van der Waals surface area (Å²) in [6.07, 6.45) is 7.43. The average Bonchev–Trinajstić information content (AvgIpc) is 3.09. The quantitative estimate of drug-likeness (QED) is 0.750. The van der Waals surface area contributed by atoms with Gasteiger partial charge in [0.05, 0.1) is 23.2 Å². The largest absolute Gasteiger partial charge is 0.395 e. The predicted octanol–water partition coefficient (Wildman–Crippen LogP) is 3.05. The van der Waals surface area contributed by atoms with Gasteiger partial charge in [-0.05, 0) is 25.8 Å². The molecule has 1 fully saturated rings. The first-order valence-electron chi connectivity index (χ1n) is 7.17. The normalized spacial score (nSPS) is 16.6. The first-order chi connectivity index (χ1) is 9.33. The van der Waals surface area contributed by atoms with Crippen LogP contribution in [0, 0.1) is 0 Å². The van der Waals surface area contributed by atoms with Crippen LogP contribution >= 0.6 is 22.9 Å². The smallest absolute Gasteiger partial charge is 0.0929 e. The Bertz CT molecular complexity index is 366. The van der Waals surface area contributed by atoms with Crippen molar-refractivity contribution in [3.8, 4) is 0 Å². The molecule has 1 saturated carbocycles. The number of hydrogen-bond donors (Lipinski definition) is 1. The van der Waals surface area contributed by atoms with Gasteiger partial charge in [-0.3, -0.25) is 4.90 Å². The van der Waals surface area contributed by atoms with Crippen LogP contribution in [0.25, 0.3) is 0 Å². The molecule has 0 saturated heterocycles. The second-order valence-corrected chi connectivity index (χ2v) is 6.38. The number of alkyl halides is 1. The number of nitrogens with zero attached hydrogens (tertiary/aromatic N) is 2. The molecule has 2 rings (SSSR count). The lowest BCUT2D eigenvalue weighted by Gasteiger charge is -2.27. The molecule has 3 nitrogen and oxygen atoms in total. The topological polar surface area (TPSA) is 36.4 Å². The molecule has 0 aliphatic heterocycles. The van der Waals surface area contributed by atoms with Crippen LogP contribution in [0.3, 0.4) is 0 Å². The first kappa shape index (κ1) is 15.2. The Morgan fingerprint density at radius 1 is 1.37 bits per heavy atom. The van der Waals surface area contributed by atoms with Gasteiger partial charge in [0.15, 0.2) is 0 Å². The molecule has 1 aromatic rings. The summed E-state index contributed by atoms with van der Waals surface area (Å²) in [7, 11) is 0. The molecule has 0 aromatic carbocycles. The summed E-state index contributed by atoms with van der Waals surface area (Å²) in [5.41, 5.74) is 0.990. The molecule has 1 N–H and O–H groups in total. The number of thiazole rings is 1. The van der Waals surface area contributed by atoms with Crippen LogP contribution in [0.2, 0.25) is 0 Å². The van der Waals surface area contributed by atoms with Gasteiger partial charge in [0.2, 0.25) is 0 Å². The third kappa shape index (κ3) is 4.71. The van der Waals surface area contributed by atoms with Crippen LogP contribution in [0.15, 0.2) is 5.38 Å². The van der Waals surface area contributed by atoms with Gasteiger partial charge in [-0.25, -0.2) is 4.98 Å². The van der Waals surface area contributed by atoms with Gasteiger partial charge < -0.3 is 5.11 Å². The molecule has 1 heterocycles. The fourth-order valence-corrected chi connectivity index (χ4v) is 3.90. The van der Waals surface area contributed by atoms with Gasteiger partial charge in [0.1, 0.15) is 0 Å². The number of hydrogen-bond acceptors (Lipinski definition) is 4. The number of rotatable bonds is 8. The van der Waals surface area contributed by atoms with Crippen molar-refractivity contribution in [2.45, 2.75) is 50.4 Å². The summed E-state index contributed by atoms with van der Waals surface area (Å²) in [6.45, 7) is 2.15. The number of aryl methyl sites for hydroxylation is 1. The molecule has 1 aliphatic rings. The maximum Gasteiger partial charge on any atom is 0.0929 e. The van der Waals surface area contributed by atoms with E-state index in [0.717, 1.165) is 31.6 Å². The molecule has 0 unspecified atom stereocenters. The molecule has 5 heteroatoms. The van der Waals surface area contributed by atoms with Gasteiger partial charge in [-0.1, -0.05) is 12.8 Å². The van der Waals surface area contributed by atoms with Crippen LogP contribution in [0.1, 0.15) is 42.8 Å². The van der Waals surface area contributed by atoms with E-state index in [2.05, 4.69) is 9.88 Å². The van der Waals surface area contributed by atoms with Crippen molar-refractivity contribution in [1.82, 2.24) is 9.88 Å². The minimum Gasteiger partial charge on any atom is -0.395 e. The van der Waals surface area contributed by atoms with E-state index in [1.54, 1.807) is 11.3 Å². The van der Waals surface area contributed by atoms with E-state index in [-0.39, 0.29) is 6.61 Å². The van der Waals surface area contributed by atoms with E-state index in [1.807, 2.05) is 5.38 Å². The Balaban J connectivity index is 1.75. The van der Waals surface area contributed by atoms with Crippen molar-refractivity contribution in [3.05, 3.63) is 16.1 Å². The van der Waals surface area contributed by atoms with Crippen LogP contribution in [-0.4, -0.2) is 40.7 Å². The van der Waals surface area contributed by atoms with Crippen molar-refractivity contribution < 1.29 is 5.11 Å². The summed E-state index contributed by atoms with van der Waals surface area (Å²) in [5.74, 6) is 0.509. The van der Waals surface area contributed by atoms with Crippen LogP contribution in [-0.2, 0) is 12.3 Å². The highest BCUT2D eigenvalue weighted by molar-refractivity contribution is 7.09. The molecule has 1 aliphatic carbocycles. The van der Waals surface area contributed by atoms with Crippen molar-refractivity contribution in [1.29, 1.82) is 0 Å². The van der Waals surface area contributed by atoms with E-state index < -0.39 is 0 Å². The lowest BCUT2D eigenvalue weighted by molar-refractivity contribution is 0.150. The molecular weight excluding hydrogens is 280 g/mol. The van der Waals surface area contributed by atoms with E-state index in [4.69, 9.17) is 11.6 Å². The van der Waals surface area contributed by atoms with Crippen molar-refractivity contribution >= 4 is 22.9 Å². The number of aliphatic hydroxyl groups is 1. The number of aliphatic hydroxyl groups excluding tert-OH is 1. The summed E-state index contributed by atoms with van der Waals surface area (Å²) >= 11 is 7.47. The standard InChI is InChI=1S/C14H23ClN2OS/c15-10-12-11-19-14(16-12)6-3-7-17(8-9-18)13-4-1-2-5-13/h11,13,18H,1-10H2. The lowest BCUT2D eigenvalue weighted by atomic mass is 10.2. The Kier molecular flexibility index (Phi) is 6.57. The first-order valence-corrected chi connectivity index (χ1v) is 8.59. The number of aromatic nitrogens is 1. The maximum atomic E-state index is 9.18. The van der Waals surface area contributed by atoms with E-state index >= 15 is 0 Å². The van der Waals surface area contributed by atoms with E-state index in [1.165, 1.54) is 30.7 Å². The van der Waals surface area contributed by atoms with Crippen LogP contribution in [0.5, 0.6) is 0 Å². The number of halogens is 1. The fraction of sp³-hybridized carbons (Fsp3) is 0.786. The maximum absolute atomic E-state index is 9.18. The van der Waals surface area contributed by atoms with E-state index in [9.17, 15) is 5.11 Å². The average molecular weight is 303 g/mol. The van der Waals surface area contributed by atoms with Gasteiger partial charge in [0.25, 0.3) is 0 Å². The third-order valence-corrected chi connectivity index (χ3v) is 5.03. The second-order valence-electron chi connectivity index (χ2n) is 5.17. The van der Waals surface area contributed by atoms with Gasteiger partial charge in [-0.2, -0.15) is 0 Å². The molecule has 108 valence electrons. The molecule has 0 radical (unpaired) electrons. The SMILES string of the molecule is OCCN(CCCc1nc(CCl)cs1)C1CCCC1. The summed E-state index contributed by atoms with van der Waals surface area (Å²) in [4.78, 5) is 6.95. The van der Waals surface area contributed by atoms with Crippen molar-refractivity contribution in [3.63, 3.8) is 0 Å². The Labute approximate surface area is 124 Å². The van der Waals surface area contributed by atoms with Gasteiger partial charge in [-0.15, -0.1) is 22.9 Å². The molecule has 0 spiro atoms. The monoisotopic (exact) mass is 302 g/mol. The minimum absolute atomic E-state index is 0.268. The molecular formula is C14H23ClN2OS. The molecule has 1 aromatic heterocycles. The third-order valence-electron chi connectivity index (χ3n) is 3.80. The van der Waals surface area contributed by atoms with Crippen molar-refractivity contribution in [2.75, 3.05) is 19.7 Å². The molecule has 19 heavy (non-hydrogen) atoms.